The fourth-order valence-corrected chi connectivity index (χ4v) is 3.56. The number of aliphatic hydroxyl groups is 1. The van der Waals surface area contributed by atoms with E-state index in [9.17, 15) is 9.90 Å². The maximum Gasteiger partial charge on any atom is 0.256 e. The summed E-state index contributed by atoms with van der Waals surface area (Å²) in [5, 5.41) is 26.3. The number of rotatable bonds is 1. The second-order valence-corrected chi connectivity index (χ2v) is 6.39. The van der Waals surface area contributed by atoms with Gasteiger partial charge in [0.25, 0.3) is 5.91 Å². The lowest BCUT2D eigenvalue weighted by atomic mass is 9.79. The molecule has 1 spiro atoms. The number of halogens is 2. The molecule has 3 rings (SSSR count). The molecule has 0 atom stereocenters. The molecule has 1 aromatic rings. The molecule has 3 N–H and O–H groups in total. The first kappa shape index (κ1) is 15.2. The second-order valence-electron chi connectivity index (χ2n) is 5.55. The highest BCUT2D eigenvalue weighted by Crippen LogP contribution is 2.42. The summed E-state index contributed by atoms with van der Waals surface area (Å²) in [5.74, 6) is -0.357. The van der Waals surface area contributed by atoms with Crippen molar-refractivity contribution >= 4 is 40.4 Å². The average molecular weight is 341 g/mol. The highest BCUT2D eigenvalue weighted by Gasteiger charge is 2.47. The number of hydrogen-bond donors (Lipinski definition) is 3. The summed E-state index contributed by atoms with van der Waals surface area (Å²) in [4.78, 5) is 12.3. The van der Waals surface area contributed by atoms with E-state index in [1.807, 2.05) is 0 Å². The van der Waals surface area contributed by atoms with Gasteiger partial charge >= 0.3 is 0 Å². The van der Waals surface area contributed by atoms with Gasteiger partial charge < -0.3 is 15.6 Å². The van der Waals surface area contributed by atoms with Gasteiger partial charge in [-0.1, -0.05) is 34.4 Å². The van der Waals surface area contributed by atoms with Crippen LogP contribution < -0.4 is 5.32 Å². The van der Waals surface area contributed by atoms with E-state index in [4.69, 9.17) is 28.4 Å². The van der Waals surface area contributed by atoms with Crippen molar-refractivity contribution in [1.82, 2.24) is 5.32 Å². The first-order chi connectivity index (χ1) is 10.5. The minimum Gasteiger partial charge on any atom is -0.509 e. The molecule has 0 saturated heterocycles. The van der Waals surface area contributed by atoms with Gasteiger partial charge in [-0.3, -0.25) is 4.79 Å². The van der Waals surface area contributed by atoms with Gasteiger partial charge in [0, 0.05) is 10.6 Å². The lowest BCUT2D eigenvalue weighted by molar-refractivity contribution is -0.116. The Morgan fingerprint density at radius 2 is 1.91 bits per heavy atom. The van der Waals surface area contributed by atoms with E-state index < -0.39 is 5.54 Å². The molecule has 1 fully saturated rings. The minimum atomic E-state index is -0.802. The van der Waals surface area contributed by atoms with Gasteiger partial charge in [-0.15, -0.1) is 0 Å². The smallest absolute Gasteiger partial charge is 0.256 e. The Morgan fingerprint density at radius 1 is 1.23 bits per heavy atom. The van der Waals surface area contributed by atoms with Crippen LogP contribution in [0.2, 0.25) is 10.0 Å². The molecule has 5 nitrogen and oxygen atoms in total. The van der Waals surface area contributed by atoms with E-state index in [0.717, 1.165) is 0 Å². The highest BCUT2D eigenvalue weighted by molar-refractivity contribution is 6.38. The molecule has 0 bridgehead atoms. The number of hydrogen-bond acceptors (Lipinski definition) is 4. The van der Waals surface area contributed by atoms with E-state index in [1.165, 1.54) is 6.07 Å². The molecule has 1 saturated carbocycles. The van der Waals surface area contributed by atoms with Crippen LogP contribution in [0.25, 0.3) is 5.57 Å². The topological polar surface area (TPSA) is 81.9 Å². The Balaban J connectivity index is 2.02. The van der Waals surface area contributed by atoms with Crippen LogP contribution in [0.4, 0.5) is 0 Å². The zero-order valence-electron chi connectivity index (χ0n) is 11.6. The number of amides is 1. The van der Waals surface area contributed by atoms with E-state index >= 15 is 0 Å². The molecule has 0 radical (unpaired) electrons. The Bertz CT molecular complexity index is 703. The molecule has 1 aromatic carbocycles. The van der Waals surface area contributed by atoms with Gasteiger partial charge in [0.05, 0.1) is 21.8 Å². The Morgan fingerprint density at radius 3 is 2.50 bits per heavy atom. The summed E-state index contributed by atoms with van der Waals surface area (Å²) in [6.45, 7) is 0. The lowest BCUT2D eigenvalue weighted by Crippen LogP contribution is -2.47. The maximum atomic E-state index is 12.3. The minimum absolute atomic E-state index is 0.00119. The quantitative estimate of drug-likeness (QED) is 0.540. The third kappa shape index (κ3) is 2.34. The van der Waals surface area contributed by atoms with Gasteiger partial charge in [0.15, 0.2) is 0 Å². The van der Waals surface area contributed by atoms with Crippen molar-refractivity contribution in [3.05, 3.63) is 39.6 Å². The van der Waals surface area contributed by atoms with E-state index in [1.54, 1.807) is 12.1 Å². The van der Waals surface area contributed by atoms with E-state index in [-0.39, 0.29) is 17.2 Å². The van der Waals surface area contributed by atoms with Crippen LogP contribution in [0.3, 0.4) is 0 Å². The number of carbonyl (C=O) groups is 1. The van der Waals surface area contributed by atoms with Crippen molar-refractivity contribution in [2.24, 2.45) is 5.16 Å². The molecule has 2 aliphatic rings. The predicted molar refractivity (Wildman–Crippen MR) is 84.6 cm³/mol. The van der Waals surface area contributed by atoms with Crippen LogP contribution in [0.15, 0.2) is 29.1 Å². The van der Waals surface area contributed by atoms with Crippen LogP contribution >= 0.6 is 23.2 Å². The third-order valence-electron chi connectivity index (χ3n) is 4.29. The average Bonchev–Trinajstić information content (AvgIpc) is 2.72. The van der Waals surface area contributed by atoms with Crippen molar-refractivity contribution < 1.29 is 15.1 Å². The van der Waals surface area contributed by atoms with Crippen molar-refractivity contribution in [1.29, 1.82) is 0 Å². The zero-order valence-corrected chi connectivity index (χ0v) is 13.1. The monoisotopic (exact) mass is 340 g/mol. The largest absolute Gasteiger partial charge is 0.509 e. The molecule has 7 heteroatoms. The first-order valence-corrected chi connectivity index (χ1v) is 7.64. The number of benzene rings is 1. The molecule has 1 aliphatic heterocycles. The number of nitrogens with zero attached hydrogens (tertiary/aromatic N) is 1. The summed E-state index contributed by atoms with van der Waals surface area (Å²) in [5.41, 5.74) is 0.514. The molecular formula is C15H14Cl2N2O3. The van der Waals surface area contributed by atoms with Crippen LogP contribution in [-0.2, 0) is 4.79 Å². The standard InChI is InChI=1S/C15H14Cl2N2O3/c16-8-1-2-10(11(17)7-8)12-13(20)15(18-14(12)21)5-3-9(19-22)4-6-15/h1-2,7,20,22H,3-6H2,(H,18,21). The van der Waals surface area contributed by atoms with Crippen molar-refractivity contribution in [3.63, 3.8) is 0 Å². The molecule has 1 heterocycles. The van der Waals surface area contributed by atoms with Gasteiger partial charge in [0.1, 0.15) is 5.76 Å². The van der Waals surface area contributed by atoms with Gasteiger partial charge in [0.2, 0.25) is 0 Å². The number of oxime groups is 1. The van der Waals surface area contributed by atoms with Crippen molar-refractivity contribution in [3.8, 4) is 0 Å². The second kappa shape index (κ2) is 5.48. The Hall–Kier alpha value is -1.72. The Kier molecular flexibility index (Phi) is 3.78. The number of carbonyl (C=O) groups excluding carboxylic acids is 1. The van der Waals surface area contributed by atoms with Crippen molar-refractivity contribution in [2.75, 3.05) is 0 Å². The van der Waals surface area contributed by atoms with Crippen LogP contribution in [0.1, 0.15) is 31.2 Å². The normalized spacial score (nSPS) is 24.8. The number of aliphatic hydroxyl groups excluding tert-OH is 1. The lowest BCUT2D eigenvalue weighted by Gasteiger charge is -2.33. The van der Waals surface area contributed by atoms with Crippen LogP contribution in [0, 0.1) is 0 Å². The molecular weight excluding hydrogens is 327 g/mol. The molecule has 1 aliphatic carbocycles. The van der Waals surface area contributed by atoms with Crippen LogP contribution in [0.5, 0.6) is 0 Å². The molecule has 116 valence electrons. The predicted octanol–water partition coefficient (Wildman–Crippen LogP) is 3.54. The SMILES string of the molecule is O=C1NC2(CCC(=NO)CC2)C(O)=C1c1ccc(Cl)cc1Cl. The first-order valence-electron chi connectivity index (χ1n) is 6.88. The van der Waals surface area contributed by atoms with Gasteiger partial charge in [-0.25, -0.2) is 0 Å². The summed E-state index contributed by atoms with van der Waals surface area (Å²) in [6.07, 6.45) is 2.00. The summed E-state index contributed by atoms with van der Waals surface area (Å²) in [7, 11) is 0. The zero-order chi connectivity index (χ0) is 15.9. The van der Waals surface area contributed by atoms with E-state index in [0.29, 0.717) is 47.0 Å². The van der Waals surface area contributed by atoms with Gasteiger partial charge in [-0.2, -0.15) is 0 Å². The van der Waals surface area contributed by atoms with E-state index in [2.05, 4.69) is 10.5 Å². The molecule has 0 unspecified atom stereocenters. The number of nitrogens with one attached hydrogen (secondary N) is 1. The third-order valence-corrected chi connectivity index (χ3v) is 4.84. The van der Waals surface area contributed by atoms with Crippen LogP contribution in [-0.4, -0.2) is 27.5 Å². The summed E-state index contributed by atoms with van der Waals surface area (Å²) < 4.78 is 0. The Labute approximate surface area is 137 Å². The maximum absolute atomic E-state index is 12.3. The van der Waals surface area contributed by atoms with Crippen molar-refractivity contribution in [2.45, 2.75) is 31.2 Å². The molecule has 22 heavy (non-hydrogen) atoms. The van der Waals surface area contributed by atoms with Gasteiger partial charge in [-0.05, 0) is 37.8 Å². The highest BCUT2D eigenvalue weighted by atomic mass is 35.5. The fourth-order valence-electron chi connectivity index (χ4n) is 3.06. The fraction of sp³-hybridized carbons (Fsp3) is 0.333. The summed E-state index contributed by atoms with van der Waals surface area (Å²) in [6, 6.07) is 4.78. The molecule has 1 amide bonds. The molecule has 0 aromatic heterocycles. The summed E-state index contributed by atoms with van der Waals surface area (Å²) >= 11 is 12.0.